The summed E-state index contributed by atoms with van der Waals surface area (Å²) in [4.78, 5) is 0. The molecule has 11 heavy (non-hydrogen) atoms. The standard InChI is InChI=1S/C9H18N2/c1-7-6-10-8-4-2-3-5-9(8)11-7/h7-11H,2-6H2,1H3/t7-,8+,9+/m0/s1. The summed E-state index contributed by atoms with van der Waals surface area (Å²) in [6, 6.07) is 2.22. The van der Waals surface area contributed by atoms with Gasteiger partial charge in [0.1, 0.15) is 0 Å². The molecule has 1 aliphatic heterocycles. The third kappa shape index (κ3) is 1.57. The van der Waals surface area contributed by atoms with Crippen LogP contribution in [0.15, 0.2) is 0 Å². The van der Waals surface area contributed by atoms with Crippen LogP contribution in [0, 0.1) is 0 Å². The van der Waals surface area contributed by atoms with Crippen LogP contribution >= 0.6 is 0 Å². The SMILES string of the molecule is C[C@H]1CN[C@@H]2CCCC[C@H]2N1. The molecule has 2 heteroatoms. The first kappa shape index (κ1) is 7.56. The Labute approximate surface area is 68.7 Å². The van der Waals surface area contributed by atoms with E-state index in [1.807, 2.05) is 0 Å². The monoisotopic (exact) mass is 154 g/mol. The van der Waals surface area contributed by atoms with Crippen molar-refractivity contribution in [2.75, 3.05) is 6.54 Å². The lowest BCUT2D eigenvalue weighted by Crippen LogP contribution is -2.60. The van der Waals surface area contributed by atoms with Crippen LogP contribution in [0.2, 0.25) is 0 Å². The molecule has 2 fully saturated rings. The Kier molecular flexibility index (Phi) is 2.14. The molecule has 1 aliphatic carbocycles. The molecule has 0 aromatic rings. The van der Waals surface area contributed by atoms with Gasteiger partial charge in [0.2, 0.25) is 0 Å². The Morgan fingerprint density at radius 2 is 1.82 bits per heavy atom. The van der Waals surface area contributed by atoms with Crippen LogP contribution in [0.4, 0.5) is 0 Å². The smallest absolute Gasteiger partial charge is 0.0224 e. The fraction of sp³-hybridized carbons (Fsp3) is 1.00. The first-order valence-electron chi connectivity index (χ1n) is 4.86. The lowest BCUT2D eigenvalue weighted by Gasteiger charge is -2.40. The van der Waals surface area contributed by atoms with Crippen LogP contribution in [0.25, 0.3) is 0 Å². The fourth-order valence-electron chi connectivity index (χ4n) is 2.33. The van der Waals surface area contributed by atoms with Crippen molar-refractivity contribution < 1.29 is 0 Å². The molecule has 2 aliphatic rings. The highest BCUT2D eigenvalue weighted by Gasteiger charge is 2.29. The summed E-state index contributed by atoms with van der Waals surface area (Å²) in [6.07, 6.45) is 5.60. The van der Waals surface area contributed by atoms with Crippen molar-refractivity contribution in [3.8, 4) is 0 Å². The Bertz CT molecular complexity index is 136. The van der Waals surface area contributed by atoms with Gasteiger partial charge in [0.25, 0.3) is 0 Å². The highest BCUT2D eigenvalue weighted by Crippen LogP contribution is 2.20. The van der Waals surface area contributed by atoms with Crippen molar-refractivity contribution in [3.05, 3.63) is 0 Å². The van der Waals surface area contributed by atoms with E-state index in [2.05, 4.69) is 17.6 Å². The molecule has 64 valence electrons. The molecular weight excluding hydrogens is 136 g/mol. The second-order valence-corrected chi connectivity index (χ2v) is 3.97. The average molecular weight is 154 g/mol. The van der Waals surface area contributed by atoms with E-state index in [1.165, 1.54) is 25.7 Å². The van der Waals surface area contributed by atoms with Gasteiger partial charge in [-0.25, -0.2) is 0 Å². The minimum atomic E-state index is 0.675. The number of fused-ring (bicyclic) bond motifs is 1. The molecule has 0 aromatic heterocycles. The van der Waals surface area contributed by atoms with Crippen LogP contribution in [-0.4, -0.2) is 24.7 Å². The normalized spacial score (nSPS) is 45.0. The molecule has 1 saturated heterocycles. The van der Waals surface area contributed by atoms with Gasteiger partial charge in [-0.15, -0.1) is 0 Å². The van der Waals surface area contributed by atoms with Gasteiger partial charge >= 0.3 is 0 Å². The molecule has 0 radical (unpaired) electrons. The zero-order valence-corrected chi connectivity index (χ0v) is 7.27. The summed E-state index contributed by atoms with van der Waals surface area (Å²) < 4.78 is 0. The van der Waals surface area contributed by atoms with E-state index >= 15 is 0 Å². The fourth-order valence-corrected chi connectivity index (χ4v) is 2.33. The first-order chi connectivity index (χ1) is 5.36. The largest absolute Gasteiger partial charge is 0.311 e. The van der Waals surface area contributed by atoms with Gasteiger partial charge in [0, 0.05) is 24.7 Å². The van der Waals surface area contributed by atoms with E-state index in [9.17, 15) is 0 Å². The summed E-state index contributed by atoms with van der Waals surface area (Å²) in [5, 5.41) is 7.26. The zero-order valence-electron chi connectivity index (χ0n) is 7.27. The topological polar surface area (TPSA) is 24.1 Å². The Balaban J connectivity index is 1.93. The maximum absolute atomic E-state index is 3.66. The summed E-state index contributed by atoms with van der Waals surface area (Å²) >= 11 is 0. The second-order valence-electron chi connectivity index (χ2n) is 3.97. The zero-order chi connectivity index (χ0) is 7.68. The molecule has 1 saturated carbocycles. The maximum Gasteiger partial charge on any atom is 0.0224 e. The molecule has 2 nitrogen and oxygen atoms in total. The number of rotatable bonds is 0. The molecule has 0 spiro atoms. The van der Waals surface area contributed by atoms with Crippen LogP contribution in [0.1, 0.15) is 32.6 Å². The van der Waals surface area contributed by atoms with Crippen molar-refractivity contribution in [2.24, 2.45) is 0 Å². The van der Waals surface area contributed by atoms with E-state index in [-0.39, 0.29) is 0 Å². The summed E-state index contributed by atoms with van der Waals surface area (Å²) in [5.41, 5.74) is 0. The van der Waals surface area contributed by atoms with Crippen molar-refractivity contribution in [2.45, 2.75) is 50.7 Å². The van der Waals surface area contributed by atoms with Crippen molar-refractivity contribution in [1.82, 2.24) is 10.6 Å². The number of hydrogen-bond acceptors (Lipinski definition) is 2. The predicted molar refractivity (Wildman–Crippen MR) is 46.6 cm³/mol. The van der Waals surface area contributed by atoms with Crippen molar-refractivity contribution in [1.29, 1.82) is 0 Å². The van der Waals surface area contributed by atoms with E-state index in [0.717, 1.165) is 18.6 Å². The molecule has 0 unspecified atom stereocenters. The van der Waals surface area contributed by atoms with Gasteiger partial charge in [0.05, 0.1) is 0 Å². The summed E-state index contributed by atoms with van der Waals surface area (Å²) in [7, 11) is 0. The van der Waals surface area contributed by atoms with Gasteiger partial charge in [-0.1, -0.05) is 12.8 Å². The lowest BCUT2D eigenvalue weighted by atomic mass is 9.88. The highest BCUT2D eigenvalue weighted by atomic mass is 15.1. The molecule has 2 rings (SSSR count). The molecule has 3 atom stereocenters. The third-order valence-corrected chi connectivity index (χ3v) is 2.95. The Hall–Kier alpha value is -0.0800. The van der Waals surface area contributed by atoms with Crippen LogP contribution in [0.3, 0.4) is 0 Å². The molecule has 0 bridgehead atoms. The second kappa shape index (κ2) is 3.11. The minimum absolute atomic E-state index is 0.675. The highest BCUT2D eigenvalue weighted by molar-refractivity contribution is 4.92. The Morgan fingerprint density at radius 3 is 2.64 bits per heavy atom. The molecular formula is C9H18N2. The number of hydrogen-bond donors (Lipinski definition) is 2. The molecule has 0 aromatic carbocycles. The lowest BCUT2D eigenvalue weighted by molar-refractivity contribution is 0.219. The van der Waals surface area contributed by atoms with Gasteiger partial charge in [0.15, 0.2) is 0 Å². The third-order valence-electron chi connectivity index (χ3n) is 2.95. The van der Waals surface area contributed by atoms with Crippen LogP contribution < -0.4 is 10.6 Å². The van der Waals surface area contributed by atoms with Crippen molar-refractivity contribution >= 4 is 0 Å². The van der Waals surface area contributed by atoms with E-state index < -0.39 is 0 Å². The quantitative estimate of drug-likeness (QED) is 0.541. The summed E-state index contributed by atoms with van der Waals surface area (Å²) in [6.45, 7) is 3.42. The van der Waals surface area contributed by atoms with E-state index in [1.54, 1.807) is 0 Å². The van der Waals surface area contributed by atoms with Crippen LogP contribution in [-0.2, 0) is 0 Å². The Morgan fingerprint density at radius 1 is 1.09 bits per heavy atom. The molecule has 1 heterocycles. The average Bonchev–Trinajstić information content (AvgIpc) is 2.04. The van der Waals surface area contributed by atoms with E-state index in [0.29, 0.717) is 6.04 Å². The molecule has 0 amide bonds. The van der Waals surface area contributed by atoms with Gasteiger partial charge in [-0.3, -0.25) is 0 Å². The van der Waals surface area contributed by atoms with E-state index in [4.69, 9.17) is 0 Å². The summed E-state index contributed by atoms with van der Waals surface area (Å²) in [5.74, 6) is 0. The predicted octanol–water partition coefficient (Wildman–Crippen LogP) is 0.879. The van der Waals surface area contributed by atoms with Gasteiger partial charge < -0.3 is 10.6 Å². The van der Waals surface area contributed by atoms with Crippen molar-refractivity contribution in [3.63, 3.8) is 0 Å². The van der Waals surface area contributed by atoms with Gasteiger partial charge in [-0.2, -0.15) is 0 Å². The maximum atomic E-state index is 3.66. The molecule has 2 N–H and O–H groups in total. The first-order valence-corrected chi connectivity index (χ1v) is 4.86. The number of piperazine rings is 1. The van der Waals surface area contributed by atoms with Crippen LogP contribution in [0.5, 0.6) is 0 Å². The minimum Gasteiger partial charge on any atom is -0.311 e. The van der Waals surface area contributed by atoms with Gasteiger partial charge in [-0.05, 0) is 19.8 Å². The number of nitrogens with one attached hydrogen (secondary N) is 2.